The molecule has 0 radical (unpaired) electrons. The molecule has 156 valence electrons. The number of hydrogen-bond acceptors (Lipinski definition) is 5. The van der Waals surface area contributed by atoms with E-state index in [1.807, 2.05) is 6.20 Å². The number of hydrogen-bond donors (Lipinski definition) is 0. The van der Waals surface area contributed by atoms with Crippen LogP contribution in [0.5, 0.6) is 0 Å². The number of rotatable bonds is 6. The highest BCUT2D eigenvalue weighted by Gasteiger charge is 2.28. The van der Waals surface area contributed by atoms with Crippen LogP contribution in [0.25, 0.3) is 0 Å². The number of nitrogens with zero attached hydrogens (tertiary/aromatic N) is 6. The molecule has 0 spiro atoms. The maximum absolute atomic E-state index is 4.84. The molecule has 3 aliphatic rings. The summed E-state index contributed by atoms with van der Waals surface area (Å²) < 4.78 is 2.42. The molecule has 6 heteroatoms. The van der Waals surface area contributed by atoms with E-state index in [1.54, 1.807) is 0 Å². The fourth-order valence-electron chi connectivity index (χ4n) is 4.77. The minimum atomic E-state index is 0.518. The van der Waals surface area contributed by atoms with E-state index in [1.165, 1.54) is 37.1 Å². The van der Waals surface area contributed by atoms with Crippen molar-refractivity contribution in [3.05, 3.63) is 42.1 Å². The molecular formula is C23H34N6. The molecule has 0 aromatic carbocycles. The molecule has 6 nitrogen and oxygen atoms in total. The molecule has 5 rings (SSSR count). The van der Waals surface area contributed by atoms with Crippen LogP contribution in [0.4, 0.5) is 5.82 Å². The topological polar surface area (TPSA) is 40.4 Å². The Bertz CT molecular complexity index is 788. The van der Waals surface area contributed by atoms with Crippen molar-refractivity contribution in [3.63, 3.8) is 0 Å². The number of piperazine rings is 1. The van der Waals surface area contributed by atoms with Gasteiger partial charge in [0.05, 0.1) is 0 Å². The van der Waals surface area contributed by atoms with Gasteiger partial charge in [0.2, 0.25) is 0 Å². The Balaban J connectivity index is 1.21. The zero-order chi connectivity index (χ0) is 19.6. The summed E-state index contributed by atoms with van der Waals surface area (Å²) in [6, 6.07) is 4.50. The lowest BCUT2D eigenvalue weighted by molar-refractivity contribution is 0.148. The van der Waals surface area contributed by atoms with Crippen molar-refractivity contribution in [2.75, 3.05) is 51.2 Å². The smallest absolute Gasteiger partial charge is 0.128 e. The van der Waals surface area contributed by atoms with Gasteiger partial charge in [0.15, 0.2) is 0 Å². The summed E-state index contributed by atoms with van der Waals surface area (Å²) >= 11 is 0. The van der Waals surface area contributed by atoms with Gasteiger partial charge in [-0.25, -0.2) is 9.97 Å². The summed E-state index contributed by atoms with van der Waals surface area (Å²) in [7, 11) is 2.21. The van der Waals surface area contributed by atoms with Crippen LogP contribution in [0.1, 0.15) is 43.0 Å². The summed E-state index contributed by atoms with van der Waals surface area (Å²) in [5.41, 5.74) is 1.33. The Morgan fingerprint density at radius 1 is 1.00 bits per heavy atom. The summed E-state index contributed by atoms with van der Waals surface area (Å²) in [6.07, 6.45) is 11.5. The second-order valence-electron chi connectivity index (χ2n) is 9.27. The lowest BCUT2D eigenvalue weighted by Gasteiger charge is -2.34. The minimum Gasteiger partial charge on any atom is -0.356 e. The lowest BCUT2D eigenvalue weighted by atomic mass is 9.97. The van der Waals surface area contributed by atoms with E-state index < -0.39 is 0 Å². The van der Waals surface area contributed by atoms with E-state index in [-0.39, 0.29) is 0 Å². The highest BCUT2D eigenvalue weighted by molar-refractivity contribution is 5.40. The monoisotopic (exact) mass is 394 g/mol. The molecule has 0 unspecified atom stereocenters. The van der Waals surface area contributed by atoms with Gasteiger partial charge in [-0.15, -0.1) is 0 Å². The van der Waals surface area contributed by atoms with Gasteiger partial charge < -0.3 is 14.4 Å². The molecule has 2 aromatic rings. The van der Waals surface area contributed by atoms with Crippen LogP contribution in [0, 0.1) is 5.92 Å². The molecule has 0 N–H and O–H groups in total. The zero-order valence-electron chi connectivity index (χ0n) is 17.7. The van der Waals surface area contributed by atoms with Crippen LogP contribution in [-0.4, -0.2) is 70.7 Å². The molecule has 4 heterocycles. The van der Waals surface area contributed by atoms with Crippen molar-refractivity contribution in [2.24, 2.45) is 5.92 Å². The predicted molar refractivity (Wildman–Crippen MR) is 116 cm³/mol. The number of pyridine rings is 1. The van der Waals surface area contributed by atoms with Crippen LogP contribution in [0.3, 0.4) is 0 Å². The second kappa shape index (κ2) is 8.44. The average molecular weight is 395 g/mol. The first-order valence-electron chi connectivity index (χ1n) is 11.4. The quantitative estimate of drug-likeness (QED) is 0.754. The largest absolute Gasteiger partial charge is 0.356 e. The molecular weight excluding hydrogens is 360 g/mol. The fourth-order valence-corrected chi connectivity index (χ4v) is 4.77. The van der Waals surface area contributed by atoms with Crippen molar-refractivity contribution >= 4 is 5.82 Å². The summed E-state index contributed by atoms with van der Waals surface area (Å²) in [5.74, 6) is 3.81. The van der Waals surface area contributed by atoms with E-state index in [0.29, 0.717) is 5.92 Å². The van der Waals surface area contributed by atoms with Crippen LogP contribution in [0.2, 0.25) is 0 Å². The zero-order valence-corrected chi connectivity index (χ0v) is 17.7. The SMILES string of the molecule is CN1CCN(Cc2ccc(N3CCC[C@H](c4nccn4CC4CC4)C3)nc2)CC1. The van der Waals surface area contributed by atoms with Gasteiger partial charge in [-0.1, -0.05) is 6.07 Å². The second-order valence-corrected chi connectivity index (χ2v) is 9.27. The van der Waals surface area contributed by atoms with Gasteiger partial charge in [-0.2, -0.15) is 0 Å². The molecule has 3 fully saturated rings. The average Bonchev–Trinajstić information content (AvgIpc) is 3.45. The predicted octanol–water partition coefficient (Wildman–Crippen LogP) is 2.82. The van der Waals surface area contributed by atoms with Gasteiger partial charge >= 0.3 is 0 Å². The van der Waals surface area contributed by atoms with Crippen LogP contribution >= 0.6 is 0 Å². The van der Waals surface area contributed by atoms with E-state index >= 15 is 0 Å². The van der Waals surface area contributed by atoms with Gasteiger partial charge in [0.25, 0.3) is 0 Å². The van der Waals surface area contributed by atoms with Crippen LogP contribution in [-0.2, 0) is 13.1 Å². The molecule has 1 aliphatic carbocycles. The van der Waals surface area contributed by atoms with Crippen molar-refractivity contribution in [2.45, 2.75) is 44.7 Å². The van der Waals surface area contributed by atoms with Crippen molar-refractivity contribution in [1.82, 2.24) is 24.3 Å². The van der Waals surface area contributed by atoms with E-state index in [2.05, 4.69) is 50.8 Å². The summed E-state index contributed by atoms with van der Waals surface area (Å²) in [6.45, 7) is 8.94. The van der Waals surface area contributed by atoms with Crippen LogP contribution in [0.15, 0.2) is 30.7 Å². The maximum atomic E-state index is 4.84. The normalized spacial score (nSPS) is 24.2. The van der Waals surface area contributed by atoms with Crippen LogP contribution < -0.4 is 4.90 Å². The van der Waals surface area contributed by atoms with Gasteiger partial charge in [-0.3, -0.25) is 4.90 Å². The molecule has 0 bridgehead atoms. The first-order valence-corrected chi connectivity index (χ1v) is 11.4. The Morgan fingerprint density at radius 2 is 1.86 bits per heavy atom. The maximum Gasteiger partial charge on any atom is 0.128 e. The Labute approximate surface area is 174 Å². The van der Waals surface area contributed by atoms with E-state index in [9.17, 15) is 0 Å². The Kier molecular flexibility index (Phi) is 5.55. The van der Waals surface area contributed by atoms with Gasteiger partial charge in [0, 0.05) is 76.9 Å². The number of likely N-dealkylation sites (N-methyl/N-ethyl adjacent to an activating group) is 1. The molecule has 2 aliphatic heterocycles. The number of piperidine rings is 1. The standard InChI is InChI=1S/C23H34N6/c1-26-11-13-27(14-12-26)16-20-6-7-22(25-15-20)28-9-2-3-21(18-28)23-24-8-10-29(23)17-19-4-5-19/h6-8,10,15,19,21H,2-5,9,11-14,16-18H2,1H3/t21-/m0/s1. The van der Waals surface area contributed by atoms with Gasteiger partial charge in [-0.05, 0) is 50.3 Å². The number of anilines is 1. The van der Waals surface area contributed by atoms with E-state index in [0.717, 1.165) is 64.1 Å². The number of aromatic nitrogens is 3. The molecule has 2 aromatic heterocycles. The summed E-state index contributed by atoms with van der Waals surface area (Å²) in [4.78, 5) is 17.0. The first kappa shape index (κ1) is 19.1. The third kappa shape index (κ3) is 4.64. The van der Waals surface area contributed by atoms with Crippen molar-refractivity contribution < 1.29 is 0 Å². The number of imidazole rings is 1. The Hall–Kier alpha value is -1.92. The molecule has 2 saturated heterocycles. The molecule has 29 heavy (non-hydrogen) atoms. The molecule has 1 atom stereocenters. The van der Waals surface area contributed by atoms with Crippen molar-refractivity contribution in [1.29, 1.82) is 0 Å². The fraction of sp³-hybridized carbons (Fsp3) is 0.652. The highest BCUT2D eigenvalue weighted by atomic mass is 15.2. The lowest BCUT2D eigenvalue weighted by Crippen LogP contribution is -2.43. The Morgan fingerprint density at radius 3 is 2.62 bits per heavy atom. The highest BCUT2D eigenvalue weighted by Crippen LogP contribution is 2.33. The first-order chi connectivity index (χ1) is 14.2. The minimum absolute atomic E-state index is 0.518. The third-order valence-corrected chi connectivity index (χ3v) is 6.82. The van der Waals surface area contributed by atoms with Crippen molar-refractivity contribution in [3.8, 4) is 0 Å². The van der Waals surface area contributed by atoms with E-state index in [4.69, 9.17) is 9.97 Å². The third-order valence-electron chi connectivity index (χ3n) is 6.82. The molecule has 0 amide bonds. The summed E-state index contributed by atoms with van der Waals surface area (Å²) in [5, 5.41) is 0. The molecule has 1 saturated carbocycles. The van der Waals surface area contributed by atoms with Gasteiger partial charge in [0.1, 0.15) is 11.6 Å².